The van der Waals surface area contributed by atoms with E-state index in [9.17, 15) is 23.1 Å². The number of anilines is 2. The Bertz CT molecular complexity index is 954. The van der Waals surface area contributed by atoms with Gasteiger partial charge in [0.25, 0.3) is 5.91 Å². The lowest BCUT2D eigenvalue weighted by Crippen LogP contribution is -2.45. The lowest BCUT2D eigenvalue weighted by Gasteiger charge is -2.30. The van der Waals surface area contributed by atoms with Gasteiger partial charge in [-0.2, -0.15) is 0 Å². The van der Waals surface area contributed by atoms with E-state index < -0.39 is 12.5 Å². The van der Waals surface area contributed by atoms with Crippen LogP contribution in [0.25, 0.3) is 0 Å². The second-order valence-corrected chi connectivity index (χ2v) is 8.04. The fourth-order valence-electron chi connectivity index (χ4n) is 3.19. The summed E-state index contributed by atoms with van der Waals surface area (Å²) in [5, 5.41) is 13.2. The van der Waals surface area contributed by atoms with E-state index in [4.69, 9.17) is 4.74 Å². The van der Waals surface area contributed by atoms with Crippen molar-refractivity contribution in [2.75, 3.05) is 23.8 Å². The summed E-state index contributed by atoms with van der Waals surface area (Å²) in [7, 11) is 1.56. The first-order valence-electron chi connectivity index (χ1n) is 9.26. The average Bonchev–Trinajstić information content (AvgIpc) is 2.64. The Hall–Kier alpha value is -3.10. The number of hydrogen-bond acceptors (Lipinski definition) is 5. The third-order valence-corrected chi connectivity index (χ3v) is 4.71. The summed E-state index contributed by atoms with van der Waals surface area (Å²) in [6, 6.07) is 8.62. The highest BCUT2D eigenvalue weighted by molar-refractivity contribution is 5.97. The van der Waals surface area contributed by atoms with Gasteiger partial charge < -0.3 is 24.8 Å². The molecule has 1 aliphatic heterocycles. The summed E-state index contributed by atoms with van der Waals surface area (Å²) in [6.07, 6.45) is -5.68. The van der Waals surface area contributed by atoms with Crippen LogP contribution in [0.15, 0.2) is 36.4 Å². The predicted octanol–water partition coefficient (Wildman–Crippen LogP) is 4.42. The molecule has 0 aromatic heterocycles. The van der Waals surface area contributed by atoms with Gasteiger partial charge in [0.15, 0.2) is 6.10 Å². The Labute approximate surface area is 172 Å². The lowest BCUT2D eigenvalue weighted by atomic mass is 9.86. The van der Waals surface area contributed by atoms with Crippen molar-refractivity contribution in [1.82, 2.24) is 0 Å². The minimum absolute atomic E-state index is 0.0672. The molecule has 1 aliphatic rings. The number of carbonyl (C=O) groups excluding carboxylic acids is 1. The van der Waals surface area contributed by atoms with Crippen molar-refractivity contribution < 1.29 is 32.5 Å². The minimum Gasteiger partial charge on any atom is -0.508 e. The molecule has 0 spiro atoms. The SMILES string of the molecule is CN(C(=O)C1CNc2cc(OC(F)(F)F)ccc2O1)c1ccc(C(C)(C)C)c(O)c1. The standard InChI is InChI=1S/C21H23F3N2O4/c1-20(2,3)14-7-5-12(9-16(14)27)26(4)19(28)18-11-25-15-10-13(30-21(22,23)24)6-8-17(15)29-18/h5-10,18,25,27H,11H2,1-4H3. The van der Waals surface area contributed by atoms with E-state index >= 15 is 0 Å². The molecule has 162 valence electrons. The number of likely N-dealkylation sites (N-methyl/N-ethyl adjacent to an activating group) is 1. The van der Waals surface area contributed by atoms with Crippen LogP contribution in [0.2, 0.25) is 0 Å². The zero-order chi connectivity index (χ0) is 22.3. The maximum Gasteiger partial charge on any atom is 0.573 e. The maximum atomic E-state index is 12.9. The van der Waals surface area contributed by atoms with Gasteiger partial charge in [0.05, 0.1) is 12.2 Å². The molecule has 0 bridgehead atoms. The molecule has 1 amide bonds. The number of fused-ring (bicyclic) bond motifs is 1. The molecule has 30 heavy (non-hydrogen) atoms. The van der Waals surface area contributed by atoms with Crippen LogP contribution in [0.1, 0.15) is 26.3 Å². The summed E-state index contributed by atoms with van der Waals surface area (Å²) in [5.74, 6) is -0.418. The number of nitrogens with zero attached hydrogens (tertiary/aromatic N) is 1. The van der Waals surface area contributed by atoms with Crippen molar-refractivity contribution in [1.29, 1.82) is 0 Å². The van der Waals surface area contributed by atoms with E-state index in [1.165, 1.54) is 17.0 Å². The van der Waals surface area contributed by atoms with Crippen molar-refractivity contribution in [3.05, 3.63) is 42.0 Å². The number of hydrogen-bond donors (Lipinski definition) is 2. The topological polar surface area (TPSA) is 71.0 Å². The number of rotatable bonds is 3. The molecule has 2 aromatic carbocycles. The second kappa shape index (κ2) is 7.62. The number of benzene rings is 2. The minimum atomic E-state index is -4.79. The van der Waals surface area contributed by atoms with Crippen molar-refractivity contribution >= 4 is 17.3 Å². The quantitative estimate of drug-likeness (QED) is 0.763. The Balaban J connectivity index is 1.73. The van der Waals surface area contributed by atoms with E-state index in [2.05, 4.69) is 10.1 Å². The monoisotopic (exact) mass is 424 g/mol. The Morgan fingerprint density at radius 2 is 1.90 bits per heavy atom. The first-order chi connectivity index (χ1) is 13.8. The fourth-order valence-corrected chi connectivity index (χ4v) is 3.19. The molecule has 0 fully saturated rings. The Kier molecular flexibility index (Phi) is 5.49. The van der Waals surface area contributed by atoms with Crippen LogP contribution in [0.4, 0.5) is 24.5 Å². The third kappa shape index (κ3) is 4.72. The number of halogens is 3. The number of phenols is 1. The number of ether oxygens (including phenoxy) is 2. The number of nitrogens with one attached hydrogen (secondary N) is 1. The van der Waals surface area contributed by atoms with Gasteiger partial charge in [-0.1, -0.05) is 26.8 Å². The molecule has 0 aliphatic carbocycles. The van der Waals surface area contributed by atoms with E-state index in [1.54, 1.807) is 19.2 Å². The zero-order valence-electron chi connectivity index (χ0n) is 17.0. The molecule has 1 atom stereocenters. The summed E-state index contributed by atoms with van der Waals surface area (Å²) in [4.78, 5) is 14.2. The normalized spacial score (nSPS) is 16.2. The van der Waals surface area contributed by atoms with Crippen molar-refractivity contribution in [3.8, 4) is 17.2 Å². The van der Waals surface area contributed by atoms with Gasteiger partial charge >= 0.3 is 6.36 Å². The molecule has 0 saturated carbocycles. The second-order valence-electron chi connectivity index (χ2n) is 8.04. The van der Waals surface area contributed by atoms with E-state index in [0.717, 1.165) is 17.7 Å². The van der Waals surface area contributed by atoms with Crippen LogP contribution in [0.3, 0.4) is 0 Å². The third-order valence-electron chi connectivity index (χ3n) is 4.71. The highest BCUT2D eigenvalue weighted by atomic mass is 19.4. The van der Waals surface area contributed by atoms with Gasteiger partial charge in [-0.3, -0.25) is 4.79 Å². The molecule has 1 unspecified atom stereocenters. The summed E-state index contributed by atoms with van der Waals surface area (Å²) in [5.41, 5.74) is 1.30. The van der Waals surface area contributed by atoms with Gasteiger partial charge in [0.1, 0.15) is 17.2 Å². The molecule has 1 heterocycles. The number of carbonyl (C=O) groups is 1. The number of alkyl halides is 3. The number of aromatic hydroxyl groups is 1. The van der Waals surface area contributed by atoms with Crippen molar-refractivity contribution in [2.24, 2.45) is 0 Å². The largest absolute Gasteiger partial charge is 0.573 e. The summed E-state index contributed by atoms with van der Waals surface area (Å²) >= 11 is 0. The highest BCUT2D eigenvalue weighted by Crippen LogP contribution is 2.36. The van der Waals surface area contributed by atoms with Gasteiger partial charge in [-0.05, 0) is 29.2 Å². The van der Waals surface area contributed by atoms with Crippen LogP contribution in [-0.4, -0.2) is 37.1 Å². The van der Waals surface area contributed by atoms with Gasteiger partial charge in [0.2, 0.25) is 0 Å². The summed E-state index contributed by atoms with van der Waals surface area (Å²) < 4.78 is 46.7. The smallest absolute Gasteiger partial charge is 0.508 e. The average molecular weight is 424 g/mol. The molecule has 2 aromatic rings. The Morgan fingerprint density at radius 3 is 2.50 bits per heavy atom. The zero-order valence-corrected chi connectivity index (χ0v) is 17.0. The Morgan fingerprint density at radius 1 is 1.20 bits per heavy atom. The van der Waals surface area contributed by atoms with Crippen molar-refractivity contribution in [2.45, 2.75) is 38.7 Å². The van der Waals surface area contributed by atoms with Gasteiger partial charge in [0, 0.05) is 24.9 Å². The van der Waals surface area contributed by atoms with Crippen LogP contribution >= 0.6 is 0 Å². The van der Waals surface area contributed by atoms with E-state index in [1.807, 2.05) is 20.8 Å². The van der Waals surface area contributed by atoms with Gasteiger partial charge in [-0.25, -0.2) is 0 Å². The van der Waals surface area contributed by atoms with E-state index in [0.29, 0.717) is 11.4 Å². The molecule has 6 nitrogen and oxygen atoms in total. The van der Waals surface area contributed by atoms with Crippen LogP contribution in [0, 0.1) is 0 Å². The molecule has 0 radical (unpaired) electrons. The predicted molar refractivity (Wildman–Crippen MR) is 106 cm³/mol. The molecule has 0 saturated heterocycles. The van der Waals surface area contributed by atoms with Crippen LogP contribution in [0.5, 0.6) is 17.2 Å². The lowest BCUT2D eigenvalue weighted by molar-refractivity contribution is -0.274. The highest BCUT2D eigenvalue weighted by Gasteiger charge is 2.33. The number of amides is 1. The van der Waals surface area contributed by atoms with Crippen LogP contribution in [-0.2, 0) is 10.2 Å². The first-order valence-corrected chi connectivity index (χ1v) is 9.26. The molecular formula is C21H23F3N2O4. The van der Waals surface area contributed by atoms with E-state index in [-0.39, 0.29) is 35.1 Å². The van der Waals surface area contributed by atoms with Crippen LogP contribution < -0.4 is 19.7 Å². The molecule has 2 N–H and O–H groups in total. The molecular weight excluding hydrogens is 401 g/mol. The molecule has 9 heteroatoms. The first kappa shape index (κ1) is 21.6. The molecule has 3 rings (SSSR count). The summed E-state index contributed by atoms with van der Waals surface area (Å²) in [6.45, 7) is 5.99. The maximum absolute atomic E-state index is 12.9. The van der Waals surface area contributed by atoms with Gasteiger partial charge in [-0.15, -0.1) is 13.2 Å². The van der Waals surface area contributed by atoms with Crippen molar-refractivity contribution in [3.63, 3.8) is 0 Å². The number of phenolic OH excluding ortho intramolecular Hbond substituents is 1. The fraction of sp³-hybridized carbons (Fsp3) is 0.381.